The molecule has 0 amide bonds. The molecule has 1 unspecified atom stereocenters. The highest BCUT2D eigenvalue weighted by Crippen LogP contribution is 2.51. The first-order valence-electron chi connectivity index (χ1n) is 4.55. The normalized spacial score (nSPS) is 25.9. The molecule has 0 heterocycles. The van der Waals surface area contributed by atoms with Gasteiger partial charge in [0.05, 0.1) is 5.75 Å². The number of nitrogens with one attached hydrogen (secondary N) is 1. The van der Waals surface area contributed by atoms with Crippen LogP contribution in [0.15, 0.2) is 0 Å². The summed E-state index contributed by atoms with van der Waals surface area (Å²) >= 11 is 0. The van der Waals surface area contributed by atoms with Crippen molar-refractivity contribution < 1.29 is 8.42 Å². The van der Waals surface area contributed by atoms with Gasteiger partial charge in [-0.05, 0) is 17.8 Å². The van der Waals surface area contributed by atoms with Crippen LogP contribution in [0.3, 0.4) is 0 Å². The monoisotopic (exact) mass is 206 g/mol. The van der Waals surface area contributed by atoms with Crippen molar-refractivity contribution in [2.24, 2.45) is 17.1 Å². The molecule has 0 aromatic rings. The van der Waals surface area contributed by atoms with Gasteiger partial charge in [0, 0.05) is 13.1 Å². The maximum atomic E-state index is 11.2. The van der Waals surface area contributed by atoms with Gasteiger partial charge in [-0.3, -0.25) is 0 Å². The van der Waals surface area contributed by atoms with Crippen molar-refractivity contribution in [1.82, 2.24) is 4.72 Å². The molecule has 0 saturated heterocycles. The quantitative estimate of drug-likeness (QED) is 0.660. The molecule has 0 aromatic heterocycles. The fourth-order valence-corrected chi connectivity index (χ4v) is 2.29. The van der Waals surface area contributed by atoms with Crippen molar-refractivity contribution in [1.29, 1.82) is 0 Å². The summed E-state index contributed by atoms with van der Waals surface area (Å²) in [6, 6.07) is 0. The first-order valence-corrected chi connectivity index (χ1v) is 6.20. The van der Waals surface area contributed by atoms with Gasteiger partial charge >= 0.3 is 0 Å². The molecule has 0 aromatic carbocycles. The predicted octanol–water partition coefficient (Wildman–Crippen LogP) is -0.0894. The van der Waals surface area contributed by atoms with Crippen molar-refractivity contribution >= 4 is 10.0 Å². The van der Waals surface area contributed by atoms with E-state index in [0.717, 1.165) is 6.42 Å². The van der Waals surface area contributed by atoms with Crippen LogP contribution in [-0.2, 0) is 10.0 Å². The summed E-state index contributed by atoms with van der Waals surface area (Å²) in [6.07, 6.45) is 1.11. The maximum absolute atomic E-state index is 11.2. The predicted molar refractivity (Wildman–Crippen MR) is 52.7 cm³/mol. The van der Waals surface area contributed by atoms with Gasteiger partial charge < -0.3 is 5.73 Å². The summed E-state index contributed by atoms with van der Waals surface area (Å²) in [4.78, 5) is 0. The van der Waals surface area contributed by atoms with Gasteiger partial charge in [-0.25, -0.2) is 13.1 Å². The highest BCUT2D eigenvalue weighted by Gasteiger charge is 2.45. The molecule has 1 saturated carbocycles. The molecule has 3 N–H and O–H groups in total. The van der Waals surface area contributed by atoms with E-state index >= 15 is 0 Å². The lowest BCUT2D eigenvalue weighted by Gasteiger charge is -2.06. The largest absolute Gasteiger partial charge is 0.329 e. The standard InChI is InChI=1S/C8H18N2O2S/c1-8(2)5-7(8)6-10-13(11,12)4-3-9/h7,10H,3-6,9H2,1-2H3. The Labute approximate surface area is 79.9 Å². The van der Waals surface area contributed by atoms with E-state index in [9.17, 15) is 8.42 Å². The molecule has 1 aliphatic carbocycles. The number of rotatable bonds is 5. The Bertz CT molecular complexity index is 272. The zero-order valence-corrected chi connectivity index (χ0v) is 9.02. The molecule has 1 rings (SSSR count). The van der Waals surface area contributed by atoms with Gasteiger partial charge in [0.25, 0.3) is 0 Å². The average Bonchev–Trinajstić information content (AvgIpc) is 2.55. The van der Waals surface area contributed by atoms with Crippen molar-refractivity contribution in [3.05, 3.63) is 0 Å². The van der Waals surface area contributed by atoms with E-state index in [1.165, 1.54) is 0 Å². The second-order valence-electron chi connectivity index (χ2n) is 4.35. The van der Waals surface area contributed by atoms with Crippen LogP contribution in [0.2, 0.25) is 0 Å². The summed E-state index contributed by atoms with van der Waals surface area (Å²) < 4.78 is 24.9. The first kappa shape index (κ1) is 10.9. The fraction of sp³-hybridized carbons (Fsp3) is 1.00. The Hall–Kier alpha value is -0.130. The molecule has 0 spiro atoms. The number of hydrogen-bond acceptors (Lipinski definition) is 3. The molecule has 78 valence electrons. The average molecular weight is 206 g/mol. The minimum Gasteiger partial charge on any atom is -0.329 e. The van der Waals surface area contributed by atoms with E-state index in [4.69, 9.17) is 5.73 Å². The van der Waals surface area contributed by atoms with Crippen LogP contribution in [0.1, 0.15) is 20.3 Å². The van der Waals surface area contributed by atoms with Crippen LogP contribution < -0.4 is 10.5 Å². The number of hydrogen-bond donors (Lipinski definition) is 2. The van der Waals surface area contributed by atoms with Gasteiger partial charge in [0.15, 0.2) is 0 Å². The second-order valence-corrected chi connectivity index (χ2v) is 6.27. The lowest BCUT2D eigenvalue weighted by Crippen LogP contribution is -2.31. The van der Waals surface area contributed by atoms with Gasteiger partial charge in [0.2, 0.25) is 10.0 Å². The SMILES string of the molecule is CC1(C)CC1CNS(=O)(=O)CCN. The third kappa shape index (κ3) is 3.25. The molecular formula is C8H18N2O2S. The lowest BCUT2D eigenvalue weighted by atomic mass is 10.1. The maximum Gasteiger partial charge on any atom is 0.212 e. The van der Waals surface area contributed by atoms with E-state index in [-0.39, 0.29) is 12.3 Å². The van der Waals surface area contributed by atoms with Gasteiger partial charge in [-0.15, -0.1) is 0 Å². The summed E-state index contributed by atoms with van der Waals surface area (Å²) in [5.74, 6) is 0.528. The van der Waals surface area contributed by atoms with Crippen molar-refractivity contribution in [2.45, 2.75) is 20.3 Å². The van der Waals surface area contributed by atoms with Crippen LogP contribution in [0, 0.1) is 11.3 Å². The van der Waals surface area contributed by atoms with Gasteiger partial charge in [0.1, 0.15) is 0 Å². The summed E-state index contributed by atoms with van der Waals surface area (Å²) in [7, 11) is -3.11. The van der Waals surface area contributed by atoms with E-state index in [2.05, 4.69) is 18.6 Å². The molecule has 0 bridgehead atoms. The highest BCUT2D eigenvalue weighted by molar-refractivity contribution is 7.89. The molecular weight excluding hydrogens is 188 g/mol. The molecule has 1 atom stereocenters. The number of nitrogens with two attached hydrogens (primary N) is 1. The fourth-order valence-electron chi connectivity index (χ4n) is 1.38. The topological polar surface area (TPSA) is 72.2 Å². The minimum atomic E-state index is -3.11. The lowest BCUT2D eigenvalue weighted by molar-refractivity contribution is 0.537. The third-order valence-electron chi connectivity index (χ3n) is 2.65. The molecule has 0 radical (unpaired) electrons. The Kier molecular flexibility index (Phi) is 2.99. The van der Waals surface area contributed by atoms with Crippen molar-refractivity contribution in [3.8, 4) is 0 Å². The zero-order valence-electron chi connectivity index (χ0n) is 8.21. The third-order valence-corrected chi connectivity index (χ3v) is 4.03. The molecule has 5 heteroatoms. The Morgan fingerprint density at radius 3 is 2.46 bits per heavy atom. The van der Waals surface area contributed by atoms with Gasteiger partial charge in [-0.1, -0.05) is 13.8 Å². The molecule has 4 nitrogen and oxygen atoms in total. The first-order chi connectivity index (χ1) is 5.87. The molecule has 13 heavy (non-hydrogen) atoms. The Morgan fingerprint density at radius 2 is 2.08 bits per heavy atom. The van der Waals surface area contributed by atoms with E-state index in [1.807, 2.05) is 0 Å². The summed E-state index contributed by atoms with van der Waals surface area (Å²) in [5, 5.41) is 0. The highest BCUT2D eigenvalue weighted by atomic mass is 32.2. The van der Waals surface area contributed by atoms with Crippen molar-refractivity contribution in [2.75, 3.05) is 18.8 Å². The summed E-state index contributed by atoms with van der Waals surface area (Å²) in [5.41, 5.74) is 5.50. The van der Waals surface area contributed by atoms with E-state index in [1.54, 1.807) is 0 Å². The molecule has 1 aliphatic rings. The van der Waals surface area contributed by atoms with Crippen molar-refractivity contribution in [3.63, 3.8) is 0 Å². The van der Waals surface area contributed by atoms with Crippen LogP contribution in [0.25, 0.3) is 0 Å². The van der Waals surface area contributed by atoms with Crippen LogP contribution >= 0.6 is 0 Å². The molecule has 1 fully saturated rings. The zero-order chi connectivity index (χ0) is 10.1. The van der Waals surface area contributed by atoms with E-state index in [0.29, 0.717) is 17.9 Å². The number of sulfonamides is 1. The smallest absolute Gasteiger partial charge is 0.212 e. The van der Waals surface area contributed by atoms with Gasteiger partial charge in [-0.2, -0.15) is 0 Å². The Morgan fingerprint density at radius 1 is 1.54 bits per heavy atom. The van der Waals surface area contributed by atoms with Crippen LogP contribution in [0.4, 0.5) is 0 Å². The summed E-state index contributed by atoms with van der Waals surface area (Å²) in [6.45, 7) is 5.04. The van der Waals surface area contributed by atoms with Crippen LogP contribution in [0.5, 0.6) is 0 Å². The second kappa shape index (κ2) is 3.55. The van der Waals surface area contributed by atoms with Crippen LogP contribution in [-0.4, -0.2) is 27.3 Å². The minimum absolute atomic E-state index is 0.0279. The van der Waals surface area contributed by atoms with E-state index < -0.39 is 10.0 Å². The molecule has 0 aliphatic heterocycles. The Balaban J connectivity index is 2.28.